The van der Waals surface area contributed by atoms with Gasteiger partial charge in [0.1, 0.15) is 12.9 Å². The number of hydrogen-bond acceptors (Lipinski definition) is 5. The Hall–Kier alpha value is -4.18. The Balaban J connectivity index is 1.82. The molecule has 3 rings (SSSR count). The van der Waals surface area contributed by atoms with E-state index in [-0.39, 0.29) is 35.4 Å². The molecule has 0 radical (unpaired) electrons. The lowest BCUT2D eigenvalue weighted by Gasteiger charge is -2.19. The molecule has 0 aliphatic carbocycles. The minimum atomic E-state index is -5.15. The number of nitrogens with zero attached hydrogens (tertiary/aromatic N) is 5. The molecule has 0 bridgehead atoms. The minimum absolute atomic E-state index is 0.00273. The molecule has 3 aromatic rings. The summed E-state index contributed by atoms with van der Waals surface area (Å²) in [4.78, 5) is 33.1. The first-order valence-electron chi connectivity index (χ1n) is 10.7. The van der Waals surface area contributed by atoms with Crippen LogP contribution in [0.15, 0.2) is 42.9 Å². The average Bonchev–Trinajstić information content (AvgIpc) is 3.31. The van der Waals surface area contributed by atoms with E-state index in [4.69, 9.17) is 0 Å². The van der Waals surface area contributed by atoms with Gasteiger partial charge in [0.2, 0.25) is 0 Å². The van der Waals surface area contributed by atoms with Gasteiger partial charge in [0.25, 0.3) is 11.8 Å². The molecule has 210 valence electrons. The molecule has 0 saturated carbocycles. The van der Waals surface area contributed by atoms with Crippen molar-refractivity contribution in [2.45, 2.75) is 31.5 Å². The average molecular weight is 568 g/mol. The second-order valence-electron chi connectivity index (χ2n) is 8.20. The van der Waals surface area contributed by atoms with Gasteiger partial charge in [-0.1, -0.05) is 0 Å². The first kappa shape index (κ1) is 29.4. The molecule has 2 aromatic heterocycles. The van der Waals surface area contributed by atoms with E-state index < -0.39 is 59.6 Å². The van der Waals surface area contributed by atoms with E-state index in [9.17, 15) is 49.1 Å². The van der Waals surface area contributed by atoms with Crippen molar-refractivity contribution in [2.24, 2.45) is 0 Å². The monoisotopic (exact) mass is 568 g/mol. The van der Waals surface area contributed by atoms with Gasteiger partial charge in [-0.3, -0.25) is 9.59 Å². The second-order valence-corrected chi connectivity index (χ2v) is 8.20. The summed E-state index contributed by atoms with van der Waals surface area (Å²) in [6, 6.07) is 1.68. The largest absolute Gasteiger partial charge is 0.416 e. The summed E-state index contributed by atoms with van der Waals surface area (Å²) >= 11 is 0. The van der Waals surface area contributed by atoms with Crippen molar-refractivity contribution in [1.82, 2.24) is 30.0 Å². The maximum absolute atomic E-state index is 13.1. The molecule has 2 amide bonds. The quantitative estimate of drug-likeness (QED) is 0.431. The highest BCUT2D eigenvalue weighted by molar-refractivity contribution is 5.95. The van der Waals surface area contributed by atoms with Crippen LogP contribution in [0.2, 0.25) is 0 Å². The highest BCUT2D eigenvalue weighted by Gasteiger charge is 2.38. The topological polar surface area (TPSA) is 93.0 Å². The van der Waals surface area contributed by atoms with Gasteiger partial charge in [-0.15, -0.1) is 0 Å². The highest BCUT2D eigenvalue weighted by atomic mass is 19.4. The van der Waals surface area contributed by atoms with E-state index in [1.165, 1.54) is 13.0 Å². The van der Waals surface area contributed by atoms with Crippen molar-refractivity contribution >= 4 is 11.8 Å². The van der Waals surface area contributed by atoms with Gasteiger partial charge in [-0.05, 0) is 37.3 Å². The van der Waals surface area contributed by atoms with E-state index in [0.717, 1.165) is 30.3 Å². The van der Waals surface area contributed by atoms with Crippen LogP contribution >= 0.6 is 0 Å². The van der Waals surface area contributed by atoms with Crippen molar-refractivity contribution in [1.29, 1.82) is 0 Å². The first-order valence-corrected chi connectivity index (χ1v) is 10.7. The number of alkyl halides is 9. The van der Waals surface area contributed by atoms with Crippen LogP contribution in [-0.2, 0) is 12.4 Å². The molecule has 8 nitrogen and oxygen atoms in total. The molecule has 1 N–H and O–H groups in total. The molecule has 0 aliphatic heterocycles. The van der Waals surface area contributed by atoms with Crippen molar-refractivity contribution in [3.63, 3.8) is 0 Å². The predicted molar refractivity (Wildman–Crippen MR) is 114 cm³/mol. The lowest BCUT2D eigenvalue weighted by atomic mass is 10.0. The number of hydrogen-bond donors (Lipinski definition) is 1. The van der Waals surface area contributed by atoms with Crippen LogP contribution < -0.4 is 5.32 Å². The number of nitrogens with one attached hydrogen (secondary N) is 1. The first-order chi connectivity index (χ1) is 17.9. The maximum atomic E-state index is 13.1. The molecule has 1 aromatic carbocycles. The molecular formula is C22H17F9N6O2. The van der Waals surface area contributed by atoms with Gasteiger partial charge in [0, 0.05) is 18.8 Å². The van der Waals surface area contributed by atoms with Gasteiger partial charge in [-0.2, -0.15) is 49.3 Å². The van der Waals surface area contributed by atoms with Crippen molar-refractivity contribution in [3.8, 4) is 5.82 Å². The molecule has 0 unspecified atom stereocenters. The van der Waals surface area contributed by atoms with Crippen LogP contribution in [0.3, 0.4) is 0 Å². The van der Waals surface area contributed by atoms with Gasteiger partial charge in [-0.25, -0.2) is 9.97 Å². The van der Waals surface area contributed by atoms with Crippen LogP contribution in [0.25, 0.3) is 5.82 Å². The third-order valence-corrected chi connectivity index (χ3v) is 5.13. The zero-order chi connectivity index (χ0) is 29.3. The highest BCUT2D eigenvalue weighted by Crippen LogP contribution is 2.36. The number of pyridine rings is 1. The molecule has 17 heteroatoms. The van der Waals surface area contributed by atoms with E-state index in [0.29, 0.717) is 4.90 Å². The second kappa shape index (κ2) is 10.5. The fraction of sp³-hybridized carbons (Fsp3) is 0.318. The number of amides is 2. The summed E-state index contributed by atoms with van der Waals surface area (Å²) < 4.78 is 117. The number of benzene rings is 1. The Labute approximate surface area is 213 Å². The number of halogens is 9. The third kappa shape index (κ3) is 7.23. The molecule has 0 spiro atoms. The number of rotatable bonds is 6. The Morgan fingerprint density at radius 1 is 0.923 bits per heavy atom. The summed E-state index contributed by atoms with van der Waals surface area (Å²) in [6.45, 7) is -0.172. The number of aromatic nitrogens is 4. The molecule has 0 aliphatic rings. The van der Waals surface area contributed by atoms with Crippen LogP contribution in [0.5, 0.6) is 0 Å². The third-order valence-electron chi connectivity index (χ3n) is 5.13. The van der Waals surface area contributed by atoms with Gasteiger partial charge >= 0.3 is 18.5 Å². The van der Waals surface area contributed by atoms with E-state index in [1.54, 1.807) is 0 Å². The maximum Gasteiger partial charge on any atom is 0.416 e. The summed E-state index contributed by atoms with van der Waals surface area (Å²) in [6.07, 6.45) is -12.9. The lowest BCUT2D eigenvalue weighted by molar-refractivity contribution is -0.143. The van der Waals surface area contributed by atoms with Crippen LogP contribution in [0.4, 0.5) is 39.5 Å². The molecule has 2 heterocycles. The zero-order valence-electron chi connectivity index (χ0n) is 19.8. The van der Waals surface area contributed by atoms with Crippen LogP contribution in [0.1, 0.15) is 50.6 Å². The fourth-order valence-corrected chi connectivity index (χ4v) is 3.35. The smallest absolute Gasteiger partial charge is 0.342 e. The predicted octanol–water partition coefficient (Wildman–Crippen LogP) is 4.83. The summed E-state index contributed by atoms with van der Waals surface area (Å²) in [5.74, 6) is -2.29. The summed E-state index contributed by atoms with van der Waals surface area (Å²) in [7, 11) is 0.950. The van der Waals surface area contributed by atoms with Gasteiger partial charge < -0.3 is 10.2 Å². The zero-order valence-corrected chi connectivity index (χ0v) is 19.8. The molecule has 39 heavy (non-hydrogen) atoms. The Morgan fingerprint density at radius 3 is 2.00 bits per heavy atom. The SMILES string of the molecule is C[C@H](NC(=O)c1cc(C(F)(F)F)cc(C(F)(F)F)c1)c1ncnn1-c1ccc(C(=O)N(C)CC(F)(F)F)cn1. The van der Waals surface area contributed by atoms with Crippen molar-refractivity contribution < 1.29 is 49.1 Å². The minimum Gasteiger partial charge on any atom is -0.342 e. The number of carbonyl (C=O) groups excluding carboxylic acids is 2. The van der Waals surface area contributed by atoms with Crippen LogP contribution in [0, 0.1) is 0 Å². The van der Waals surface area contributed by atoms with Gasteiger partial charge in [0.05, 0.1) is 22.7 Å². The van der Waals surface area contributed by atoms with E-state index in [2.05, 4.69) is 20.4 Å². The normalized spacial score (nSPS) is 13.2. The van der Waals surface area contributed by atoms with Crippen LogP contribution in [-0.4, -0.2) is 56.2 Å². The number of carbonyl (C=O) groups is 2. The Morgan fingerprint density at radius 2 is 1.51 bits per heavy atom. The summed E-state index contributed by atoms with van der Waals surface area (Å²) in [5.41, 5.74) is -4.42. The van der Waals surface area contributed by atoms with Gasteiger partial charge in [0.15, 0.2) is 11.6 Å². The van der Waals surface area contributed by atoms with Crippen molar-refractivity contribution in [3.05, 3.63) is 70.9 Å². The Bertz CT molecular complexity index is 1320. The lowest BCUT2D eigenvalue weighted by Crippen LogP contribution is -2.35. The van der Waals surface area contributed by atoms with Crippen molar-refractivity contribution in [2.75, 3.05) is 13.6 Å². The standard InChI is InChI=1S/C22H17F9N6O2/c1-11(35-18(38)13-5-14(21(26,27)28)7-15(6-13)22(29,30)31)17-33-10-34-37(17)16-4-3-12(8-32-16)19(39)36(2)9-20(23,24)25/h3-8,10-11H,9H2,1-2H3,(H,35,38)/t11-/m0/s1. The Kier molecular flexibility index (Phi) is 7.93. The molecule has 0 fully saturated rings. The van der Waals surface area contributed by atoms with E-state index in [1.807, 2.05) is 0 Å². The molecule has 1 atom stereocenters. The molecular weight excluding hydrogens is 551 g/mol. The fourth-order valence-electron chi connectivity index (χ4n) is 3.35. The summed E-state index contributed by atoms with van der Waals surface area (Å²) in [5, 5.41) is 6.13. The molecule has 0 saturated heterocycles. The van der Waals surface area contributed by atoms with E-state index >= 15 is 0 Å².